The fourth-order valence-electron chi connectivity index (χ4n) is 2.74. The van der Waals surface area contributed by atoms with Crippen LogP contribution >= 0.6 is 0 Å². The molecule has 5 nitrogen and oxygen atoms in total. The van der Waals surface area contributed by atoms with E-state index in [-0.39, 0.29) is 12.5 Å². The van der Waals surface area contributed by atoms with Crippen LogP contribution in [0.1, 0.15) is 13.8 Å². The van der Waals surface area contributed by atoms with Crippen LogP contribution in [0.3, 0.4) is 0 Å². The minimum atomic E-state index is 0.0929. The van der Waals surface area contributed by atoms with Crippen molar-refractivity contribution in [2.75, 3.05) is 13.1 Å². The molecule has 0 aliphatic rings. The van der Waals surface area contributed by atoms with Gasteiger partial charge < -0.3 is 9.47 Å². The van der Waals surface area contributed by atoms with Gasteiger partial charge in [-0.25, -0.2) is 4.98 Å². The van der Waals surface area contributed by atoms with E-state index in [1.165, 1.54) is 0 Å². The minimum Gasteiger partial charge on any atom is -0.342 e. The van der Waals surface area contributed by atoms with Crippen LogP contribution in [0, 0.1) is 0 Å². The van der Waals surface area contributed by atoms with Crippen LogP contribution in [0.25, 0.3) is 22.6 Å². The number of likely N-dealkylation sites (N-methyl/N-ethyl adjacent to an activating group) is 1. The average Bonchev–Trinajstić information content (AvgIpc) is 2.95. The van der Waals surface area contributed by atoms with Crippen LogP contribution < -0.4 is 0 Å². The van der Waals surface area contributed by atoms with Crippen molar-refractivity contribution in [3.05, 3.63) is 48.7 Å². The summed E-state index contributed by atoms with van der Waals surface area (Å²) in [5.74, 6) is 0.822. The highest BCUT2D eigenvalue weighted by Gasteiger charge is 2.17. The lowest BCUT2D eigenvalue weighted by molar-refractivity contribution is -0.131. The third kappa shape index (κ3) is 2.95. The number of amides is 1. The summed E-state index contributed by atoms with van der Waals surface area (Å²) in [5.41, 5.74) is 2.60. The zero-order valence-corrected chi connectivity index (χ0v) is 13.4. The van der Waals surface area contributed by atoms with Crippen LogP contribution in [-0.2, 0) is 11.3 Å². The highest BCUT2D eigenvalue weighted by atomic mass is 16.2. The molecule has 118 valence electrons. The molecule has 0 fully saturated rings. The van der Waals surface area contributed by atoms with Crippen molar-refractivity contribution >= 4 is 16.9 Å². The molecule has 0 bridgehead atoms. The van der Waals surface area contributed by atoms with Crippen LogP contribution in [0.4, 0.5) is 0 Å². The summed E-state index contributed by atoms with van der Waals surface area (Å²) in [6.45, 7) is 5.68. The largest absolute Gasteiger partial charge is 0.342 e. The van der Waals surface area contributed by atoms with E-state index < -0.39 is 0 Å². The summed E-state index contributed by atoms with van der Waals surface area (Å²) in [6.07, 6.45) is 1.74. The number of imidazole rings is 1. The van der Waals surface area contributed by atoms with Crippen molar-refractivity contribution < 1.29 is 4.79 Å². The lowest BCUT2D eigenvalue weighted by atomic mass is 10.3. The Labute approximate surface area is 135 Å². The summed E-state index contributed by atoms with van der Waals surface area (Å²) in [7, 11) is 0. The molecule has 0 unspecified atom stereocenters. The number of para-hydroxylation sites is 2. The Kier molecular flexibility index (Phi) is 4.37. The second-order valence-corrected chi connectivity index (χ2v) is 5.29. The molecule has 0 aliphatic heterocycles. The summed E-state index contributed by atoms with van der Waals surface area (Å²) in [5, 5.41) is 0. The number of nitrogens with zero attached hydrogens (tertiary/aromatic N) is 4. The van der Waals surface area contributed by atoms with Gasteiger partial charge in [0, 0.05) is 19.3 Å². The minimum absolute atomic E-state index is 0.0929. The van der Waals surface area contributed by atoms with Crippen molar-refractivity contribution in [3.8, 4) is 11.5 Å². The highest BCUT2D eigenvalue weighted by molar-refractivity contribution is 5.84. The van der Waals surface area contributed by atoms with Crippen molar-refractivity contribution in [2.45, 2.75) is 20.4 Å². The number of benzene rings is 1. The predicted octanol–water partition coefficient (Wildman–Crippen LogP) is 2.97. The Morgan fingerprint density at radius 3 is 2.52 bits per heavy atom. The van der Waals surface area contributed by atoms with Gasteiger partial charge in [0.2, 0.25) is 5.91 Å². The monoisotopic (exact) mass is 308 g/mol. The quantitative estimate of drug-likeness (QED) is 0.728. The topological polar surface area (TPSA) is 51.0 Å². The van der Waals surface area contributed by atoms with Gasteiger partial charge in [-0.15, -0.1) is 0 Å². The predicted molar refractivity (Wildman–Crippen MR) is 90.9 cm³/mol. The Bertz CT molecular complexity index is 806. The van der Waals surface area contributed by atoms with Gasteiger partial charge in [0.05, 0.1) is 11.0 Å². The second-order valence-electron chi connectivity index (χ2n) is 5.29. The van der Waals surface area contributed by atoms with Gasteiger partial charge in [0.25, 0.3) is 0 Å². The van der Waals surface area contributed by atoms with Crippen LogP contribution in [0.2, 0.25) is 0 Å². The van der Waals surface area contributed by atoms with Crippen LogP contribution in [0.5, 0.6) is 0 Å². The number of carbonyl (C=O) groups excluding carboxylic acids is 1. The highest BCUT2D eigenvalue weighted by Crippen LogP contribution is 2.23. The third-order valence-corrected chi connectivity index (χ3v) is 3.96. The Morgan fingerprint density at radius 2 is 1.83 bits per heavy atom. The molecule has 2 heterocycles. The molecule has 0 spiro atoms. The Hall–Kier alpha value is -2.69. The standard InChI is InChI=1S/C18H20N4O/c1-3-21(4-2)17(23)13-22-16-11-6-5-9-14(16)20-18(22)15-10-7-8-12-19-15/h5-12H,3-4,13H2,1-2H3. The van der Waals surface area contributed by atoms with E-state index in [1.54, 1.807) is 6.20 Å². The molecule has 3 aromatic rings. The normalized spacial score (nSPS) is 10.9. The molecule has 2 aromatic heterocycles. The smallest absolute Gasteiger partial charge is 0.242 e. The molecule has 0 aliphatic carbocycles. The molecule has 0 N–H and O–H groups in total. The molecule has 0 atom stereocenters. The molecular weight excluding hydrogens is 288 g/mol. The lowest BCUT2D eigenvalue weighted by Gasteiger charge is -2.19. The van der Waals surface area contributed by atoms with E-state index >= 15 is 0 Å². The van der Waals surface area contributed by atoms with E-state index in [1.807, 2.05) is 65.8 Å². The van der Waals surface area contributed by atoms with Gasteiger partial charge in [0.1, 0.15) is 12.2 Å². The molecule has 1 amide bonds. The van der Waals surface area contributed by atoms with E-state index in [0.717, 1.165) is 22.6 Å². The van der Waals surface area contributed by atoms with E-state index in [9.17, 15) is 4.79 Å². The first-order valence-electron chi connectivity index (χ1n) is 7.89. The molecule has 1 aromatic carbocycles. The van der Waals surface area contributed by atoms with Crippen molar-refractivity contribution in [3.63, 3.8) is 0 Å². The van der Waals surface area contributed by atoms with Crippen molar-refractivity contribution in [2.24, 2.45) is 0 Å². The fraction of sp³-hybridized carbons (Fsp3) is 0.278. The van der Waals surface area contributed by atoms with E-state index in [2.05, 4.69) is 9.97 Å². The second kappa shape index (κ2) is 6.60. The Balaban J connectivity index is 2.08. The van der Waals surface area contributed by atoms with Gasteiger partial charge in [-0.05, 0) is 38.1 Å². The van der Waals surface area contributed by atoms with Crippen molar-refractivity contribution in [1.82, 2.24) is 19.4 Å². The Morgan fingerprint density at radius 1 is 1.09 bits per heavy atom. The molecule has 0 saturated heterocycles. The third-order valence-electron chi connectivity index (χ3n) is 3.96. The summed E-state index contributed by atoms with van der Waals surface area (Å²) < 4.78 is 1.96. The molecule has 5 heteroatoms. The SMILES string of the molecule is CCN(CC)C(=O)Cn1c(-c2ccccn2)nc2ccccc21. The number of aromatic nitrogens is 3. The molecule has 0 saturated carbocycles. The van der Waals surface area contributed by atoms with Crippen LogP contribution in [-0.4, -0.2) is 38.4 Å². The summed E-state index contributed by atoms with van der Waals surface area (Å²) in [4.78, 5) is 23.5. The molecule has 3 rings (SSSR count). The number of rotatable bonds is 5. The number of pyridine rings is 1. The lowest BCUT2D eigenvalue weighted by Crippen LogP contribution is -2.33. The number of carbonyl (C=O) groups is 1. The van der Waals surface area contributed by atoms with E-state index in [0.29, 0.717) is 13.1 Å². The first kappa shape index (κ1) is 15.2. The maximum Gasteiger partial charge on any atom is 0.242 e. The van der Waals surface area contributed by atoms with Gasteiger partial charge in [-0.1, -0.05) is 18.2 Å². The van der Waals surface area contributed by atoms with Gasteiger partial charge in [0.15, 0.2) is 5.82 Å². The van der Waals surface area contributed by atoms with Gasteiger partial charge in [-0.3, -0.25) is 9.78 Å². The average molecular weight is 308 g/mol. The number of fused-ring (bicyclic) bond motifs is 1. The molecular formula is C18H20N4O. The first-order chi connectivity index (χ1) is 11.2. The fourth-order valence-corrected chi connectivity index (χ4v) is 2.74. The summed E-state index contributed by atoms with van der Waals surface area (Å²) in [6, 6.07) is 13.6. The van der Waals surface area contributed by atoms with Crippen LogP contribution in [0.15, 0.2) is 48.7 Å². The molecule has 23 heavy (non-hydrogen) atoms. The summed E-state index contributed by atoms with van der Waals surface area (Å²) >= 11 is 0. The maximum atomic E-state index is 12.6. The zero-order valence-electron chi connectivity index (χ0n) is 13.4. The zero-order chi connectivity index (χ0) is 16.2. The maximum absolute atomic E-state index is 12.6. The van der Waals surface area contributed by atoms with Gasteiger partial charge in [-0.2, -0.15) is 0 Å². The van der Waals surface area contributed by atoms with Gasteiger partial charge >= 0.3 is 0 Å². The van der Waals surface area contributed by atoms with Crippen molar-refractivity contribution in [1.29, 1.82) is 0 Å². The number of hydrogen-bond acceptors (Lipinski definition) is 3. The number of hydrogen-bond donors (Lipinski definition) is 0. The first-order valence-corrected chi connectivity index (χ1v) is 7.89. The van der Waals surface area contributed by atoms with E-state index in [4.69, 9.17) is 0 Å². The molecule has 0 radical (unpaired) electrons.